The van der Waals surface area contributed by atoms with Gasteiger partial charge in [0.2, 0.25) is 0 Å². The number of methoxy groups -OCH3 is 2. The summed E-state index contributed by atoms with van der Waals surface area (Å²) in [6, 6.07) is 12.9. The van der Waals surface area contributed by atoms with E-state index in [1.165, 1.54) is 7.11 Å². The summed E-state index contributed by atoms with van der Waals surface area (Å²) in [5, 5.41) is 12.1. The van der Waals surface area contributed by atoms with Gasteiger partial charge in [-0.3, -0.25) is 4.79 Å². The number of nitriles is 1. The molecule has 1 N–H and O–H groups in total. The number of hydrogen-bond donors (Lipinski definition) is 1. The van der Waals surface area contributed by atoms with E-state index in [4.69, 9.17) is 9.47 Å². The number of carbonyl (C=O) groups is 1. The Bertz CT molecular complexity index is 835. The third-order valence-corrected chi connectivity index (χ3v) is 4.12. The van der Waals surface area contributed by atoms with E-state index in [1.807, 2.05) is 39.0 Å². The van der Waals surface area contributed by atoms with E-state index in [1.54, 1.807) is 25.3 Å². The van der Waals surface area contributed by atoms with Crippen molar-refractivity contribution in [2.24, 2.45) is 0 Å². The van der Waals surface area contributed by atoms with Gasteiger partial charge in [-0.05, 0) is 56.2 Å². The SMILES string of the molecule is COc1ccc(C(=O)Nc2ccc(C(C)(C)C#N)cc2C)cc1OC. The Kier molecular flexibility index (Phi) is 5.33. The molecule has 0 radical (unpaired) electrons. The third kappa shape index (κ3) is 3.92. The Balaban J connectivity index is 2.25. The van der Waals surface area contributed by atoms with E-state index in [9.17, 15) is 10.1 Å². The highest BCUT2D eigenvalue weighted by molar-refractivity contribution is 6.05. The molecular formula is C20H22N2O3. The van der Waals surface area contributed by atoms with Gasteiger partial charge in [-0.1, -0.05) is 12.1 Å². The molecule has 0 bridgehead atoms. The van der Waals surface area contributed by atoms with Crippen LogP contribution in [0.25, 0.3) is 0 Å². The summed E-state index contributed by atoms with van der Waals surface area (Å²) in [5.41, 5.74) is 2.42. The molecule has 25 heavy (non-hydrogen) atoms. The molecule has 0 unspecified atom stereocenters. The molecule has 0 aliphatic heterocycles. The molecule has 0 spiro atoms. The molecule has 5 nitrogen and oxygen atoms in total. The standard InChI is InChI=1S/C20H22N2O3/c1-13-10-15(20(2,3)12-21)7-8-16(13)22-19(23)14-6-9-17(24-4)18(11-14)25-5/h6-11H,1-5H3,(H,22,23). The number of amides is 1. The van der Waals surface area contributed by atoms with Gasteiger partial charge in [-0.2, -0.15) is 5.26 Å². The molecule has 2 rings (SSSR count). The van der Waals surface area contributed by atoms with E-state index in [2.05, 4.69) is 11.4 Å². The van der Waals surface area contributed by atoms with Gasteiger partial charge in [0.15, 0.2) is 11.5 Å². The van der Waals surface area contributed by atoms with E-state index in [0.717, 1.165) is 11.1 Å². The zero-order chi connectivity index (χ0) is 18.6. The Morgan fingerprint density at radius 3 is 2.32 bits per heavy atom. The fraction of sp³-hybridized carbons (Fsp3) is 0.300. The number of nitrogens with zero attached hydrogens (tertiary/aromatic N) is 1. The molecule has 130 valence electrons. The molecule has 0 aliphatic rings. The first-order valence-electron chi connectivity index (χ1n) is 7.88. The molecule has 0 atom stereocenters. The van der Waals surface area contributed by atoms with Crippen LogP contribution in [0.1, 0.15) is 35.3 Å². The normalized spacial score (nSPS) is 10.7. The van der Waals surface area contributed by atoms with Gasteiger partial charge in [-0.15, -0.1) is 0 Å². The average molecular weight is 338 g/mol. The lowest BCUT2D eigenvalue weighted by atomic mass is 9.85. The molecule has 0 aliphatic carbocycles. The van der Waals surface area contributed by atoms with E-state index in [0.29, 0.717) is 22.7 Å². The molecule has 0 aromatic heterocycles. The molecule has 0 heterocycles. The fourth-order valence-corrected chi connectivity index (χ4v) is 2.43. The van der Waals surface area contributed by atoms with Crippen LogP contribution in [0, 0.1) is 18.3 Å². The van der Waals surface area contributed by atoms with Crippen LogP contribution < -0.4 is 14.8 Å². The van der Waals surface area contributed by atoms with Crippen molar-refractivity contribution >= 4 is 11.6 Å². The third-order valence-electron chi connectivity index (χ3n) is 4.12. The summed E-state index contributed by atoms with van der Waals surface area (Å²) in [6.45, 7) is 5.63. The summed E-state index contributed by atoms with van der Waals surface area (Å²) in [4.78, 5) is 12.5. The molecule has 0 fully saturated rings. The number of benzene rings is 2. The Hall–Kier alpha value is -3.00. The molecule has 0 saturated carbocycles. The van der Waals surface area contributed by atoms with Crippen molar-refractivity contribution in [2.45, 2.75) is 26.2 Å². The number of hydrogen-bond acceptors (Lipinski definition) is 4. The lowest BCUT2D eigenvalue weighted by Gasteiger charge is -2.18. The zero-order valence-electron chi connectivity index (χ0n) is 15.1. The number of rotatable bonds is 5. The Morgan fingerprint density at radius 2 is 1.76 bits per heavy atom. The second-order valence-electron chi connectivity index (χ2n) is 6.29. The largest absolute Gasteiger partial charge is 0.493 e. The number of anilines is 1. The second-order valence-corrected chi connectivity index (χ2v) is 6.29. The second kappa shape index (κ2) is 7.27. The van der Waals surface area contributed by atoms with Crippen LogP contribution in [0.5, 0.6) is 11.5 Å². The first-order chi connectivity index (χ1) is 11.8. The van der Waals surface area contributed by atoms with Crippen LogP contribution in [-0.4, -0.2) is 20.1 Å². The minimum atomic E-state index is -0.573. The highest BCUT2D eigenvalue weighted by Gasteiger charge is 2.20. The van der Waals surface area contributed by atoms with Crippen LogP contribution in [-0.2, 0) is 5.41 Å². The average Bonchev–Trinajstić information content (AvgIpc) is 2.62. The summed E-state index contributed by atoms with van der Waals surface area (Å²) in [7, 11) is 3.07. The first-order valence-corrected chi connectivity index (χ1v) is 7.88. The number of ether oxygens (including phenoxy) is 2. The van der Waals surface area contributed by atoms with Crippen molar-refractivity contribution in [3.05, 3.63) is 53.1 Å². The van der Waals surface area contributed by atoms with Gasteiger partial charge in [0.05, 0.1) is 25.7 Å². The topological polar surface area (TPSA) is 71.3 Å². The first kappa shape index (κ1) is 18.3. The van der Waals surface area contributed by atoms with Crippen molar-refractivity contribution in [3.63, 3.8) is 0 Å². The van der Waals surface area contributed by atoms with Crippen molar-refractivity contribution in [3.8, 4) is 17.6 Å². The maximum atomic E-state index is 12.5. The van der Waals surface area contributed by atoms with Crippen LogP contribution in [0.3, 0.4) is 0 Å². The van der Waals surface area contributed by atoms with Crippen LogP contribution >= 0.6 is 0 Å². The van der Waals surface area contributed by atoms with Crippen molar-refractivity contribution in [1.29, 1.82) is 5.26 Å². The molecule has 5 heteroatoms. The highest BCUT2D eigenvalue weighted by atomic mass is 16.5. The Labute approximate surface area is 148 Å². The minimum absolute atomic E-state index is 0.239. The van der Waals surface area contributed by atoms with Crippen molar-refractivity contribution < 1.29 is 14.3 Å². The number of aryl methyl sites for hydroxylation is 1. The van der Waals surface area contributed by atoms with E-state index in [-0.39, 0.29) is 5.91 Å². The zero-order valence-corrected chi connectivity index (χ0v) is 15.1. The van der Waals surface area contributed by atoms with Crippen LogP contribution in [0.4, 0.5) is 5.69 Å². The van der Waals surface area contributed by atoms with Gasteiger partial charge in [0, 0.05) is 11.3 Å². The highest BCUT2D eigenvalue weighted by Crippen LogP contribution is 2.29. The van der Waals surface area contributed by atoms with Gasteiger partial charge in [0.25, 0.3) is 5.91 Å². The number of nitrogens with one attached hydrogen (secondary N) is 1. The monoisotopic (exact) mass is 338 g/mol. The van der Waals surface area contributed by atoms with Gasteiger partial charge in [-0.25, -0.2) is 0 Å². The van der Waals surface area contributed by atoms with Gasteiger partial charge in [0.1, 0.15) is 0 Å². The maximum Gasteiger partial charge on any atom is 0.255 e. The summed E-state index contributed by atoms with van der Waals surface area (Å²) < 4.78 is 10.4. The maximum absolute atomic E-state index is 12.5. The fourth-order valence-electron chi connectivity index (χ4n) is 2.43. The summed E-state index contributed by atoms with van der Waals surface area (Å²) in [6.07, 6.45) is 0. The van der Waals surface area contributed by atoms with Gasteiger partial charge < -0.3 is 14.8 Å². The van der Waals surface area contributed by atoms with Gasteiger partial charge >= 0.3 is 0 Å². The van der Waals surface area contributed by atoms with Crippen LogP contribution in [0.15, 0.2) is 36.4 Å². The van der Waals surface area contributed by atoms with Crippen molar-refractivity contribution in [2.75, 3.05) is 19.5 Å². The quantitative estimate of drug-likeness (QED) is 0.892. The molecule has 2 aromatic carbocycles. The molecule has 1 amide bonds. The molecule has 0 saturated heterocycles. The van der Waals surface area contributed by atoms with Crippen molar-refractivity contribution in [1.82, 2.24) is 0 Å². The predicted molar refractivity (Wildman–Crippen MR) is 97.3 cm³/mol. The summed E-state index contributed by atoms with van der Waals surface area (Å²) >= 11 is 0. The number of carbonyl (C=O) groups excluding carboxylic acids is 1. The summed E-state index contributed by atoms with van der Waals surface area (Å²) in [5.74, 6) is 0.827. The minimum Gasteiger partial charge on any atom is -0.493 e. The molecule has 2 aromatic rings. The lowest BCUT2D eigenvalue weighted by molar-refractivity contribution is 0.102. The smallest absolute Gasteiger partial charge is 0.255 e. The Morgan fingerprint density at radius 1 is 1.08 bits per heavy atom. The van der Waals surface area contributed by atoms with E-state index >= 15 is 0 Å². The molecular weight excluding hydrogens is 316 g/mol. The van der Waals surface area contributed by atoms with Crippen LogP contribution in [0.2, 0.25) is 0 Å². The predicted octanol–water partition coefficient (Wildman–Crippen LogP) is 4.07. The lowest BCUT2D eigenvalue weighted by Crippen LogP contribution is -2.16. The van der Waals surface area contributed by atoms with E-state index < -0.39 is 5.41 Å².